The molecule has 3 N–H and O–H groups in total. The van der Waals surface area contributed by atoms with Crippen molar-refractivity contribution in [1.29, 1.82) is 0 Å². The minimum atomic E-state index is -0.780. The molecular formula is C13H24N2O4. The zero-order valence-corrected chi connectivity index (χ0v) is 11.7. The highest BCUT2D eigenvalue weighted by atomic mass is 16.4. The Morgan fingerprint density at radius 2 is 1.74 bits per heavy atom. The van der Waals surface area contributed by atoms with E-state index in [0.29, 0.717) is 25.4 Å². The van der Waals surface area contributed by atoms with Crippen LogP contribution in [0.25, 0.3) is 0 Å². The Balaban J connectivity index is 3.65. The van der Waals surface area contributed by atoms with Crippen molar-refractivity contribution in [3.8, 4) is 0 Å². The summed E-state index contributed by atoms with van der Waals surface area (Å²) < 4.78 is 0. The van der Waals surface area contributed by atoms with Crippen molar-refractivity contribution in [2.45, 2.75) is 46.0 Å². The minimum absolute atomic E-state index is 0.0955. The van der Waals surface area contributed by atoms with Crippen LogP contribution in [-0.4, -0.2) is 36.0 Å². The van der Waals surface area contributed by atoms with Crippen molar-refractivity contribution < 1.29 is 19.5 Å². The van der Waals surface area contributed by atoms with Crippen LogP contribution < -0.4 is 10.6 Å². The molecule has 0 radical (unpaired) electrons. The van der Waals surface area contributed by atoms with E-state index in [9.17, 15) is 14.4 Å². The summed E-state index contributed by atoms with van der Waals surface area (Å²) in [6.07, 6.45) is 2.79. The number of nitrogens with one attached hydrogen (secondary N) is 2. The predicted molar refractivity (Wildman–Crippen MR) is 71.6 cm³/mol. The molecule has 2 amide bonds. The Morgan fingerprint density at radius 1 is 1.05 bits per heavy atom. The molecule has 0 aliphatic rings. The van der Waals surface area contributed by atoms with Gasteiger partial charge in [-0.05, 0) is 18.8 Å². The van der Waals surface area contributed by atoms with Gasteiger partial charge in [0.2, 0.25) is 11.8 Å². The molecular weight excluding hydrogens is 248 g/mol. The van der Waals surface area contributed by atoms with Crippen LogP contribution in [0.4, 0.5) is 0 Å². The van der Waals surface area contributed by atoms with Gasteiger partial charge in [-0.1, -0.05) is 13.3 Å². The van der Waals surface area contributed by atoms with E-state index in [1.807, 2.05) is 6.92 Å². The molecule has 0 heterocycles. The first kappa shape index (κ1) is 17.4. The molecule has 0 saturated carbocycles. The smallest absolute Gasteiger partial charge is 0.303 e. The van der Waals surface area contributed by atoms with E-state index in [-0.39, 0.29) is 24.7 Å². The molecule has 0 saturated heterocycles. The van der Waals surface area contributed by atoms with Crippen LogP contribution in [0.15, 0.2) is 0 Å². The van der Waals surface area contributed by atoms with Gasteiger partial charge < -0.3 is 15.7 Å². The second-order valence-electron chi connectivity index (χ2n) is 4.58. The van der Waals surface area contributed by atoms with Gasteiger partial charge in [-0.2, -0.15) is 0 Å². The van der Waals surface area contributed by atoms with E-state index in [0.717, 1.165) is 12.8 Å². The van der Waals surface area contributed by atoms with Crippen molar-refractivity contribution in [3.05, 3.63) is 0 Å². The molecule has 0 aromatic carbocycles. The van der Waals surface area contributed by atoms with Gasteiger partial charge >= 0.3 is 5.97 Å². The second-order valence-corrected chi connectivity index (χ2v) is 4.58. The molecule has 0 aliphatic heterocycles. The zero-order valence-electron chi connectivity index (χ0n) is 11.7. The van der Waals surface area contributed by atoms with E-state index in [4.69, 9.17) is 5.11 Å². The summed E-state index contributed by atoms with van der Waals surface area (Å²) in [6, 6.07) is 0. The summed E-state index contributed by atoms with van der Waals surface area (Å²) in [5.74, 6) is -0.695. The van der Waals surface area contributed by atoms with Crippen molar-refractivity contribution >= 4 is 17.8 Å². The normalized spacial score (nSPS) is 11.7. The first-order valence-electron chi connectivity index (χ1n) is 6.68. The summed E-state index contributed by atoms with van der Waals surface area (Å²) in [5.41, 5.74) is 0. The number of carbonyl (C=O) groups excluding carboxylic acids is 2. The molecule has 6 heteroatoms. The standard InChI is InChI=1S/C13H24N2O4/c1-3-11(4-5-13(18)19)6-8-15-12(17)7-9-14-10(2)16/h11H,3-9H2,1-2H3,(H,14,16)(H,15,17)(H,18,19). The van der Waals surface area contributed by atoms with Crippen LogP contribution in [0.2, 0.25) is 0 Å². The Bertz CT molecular complexity index is 305. The maximum atomic E-state index is 11.4. The minimum Gasteiger partial charge on any atom is -0.481 e. The molecule has 0 spiro atoms. The Labute approximate surface area is 113 Å². The summed E-state index contributed by atoms with van der Waals surface area (Å²) in [6.45, 7) is 4.33. The van der Waals surface area contributed by atoms with Gasteiger partial charge in [0.15, 0.2) is 0 Å². The molecule has 110 valence electrons. The lowest BCUT2D eigenvalue weighted by Gasteiger charge is -2.14. The van der Waals surface area contributed by atoms with Crippen molar-refractivity contribution in [2.75, 3.05) is 13.1 Å². The lowest BCUT2D eigenvalue weighted by atomic mass is 9.96. The van der Waals surface area contributed by atoms with Crippen LogP contribution in [0.5, 0.6) is 0 Å². The molecule has 1 unspecified atom stereocenters. The zero-order chi connectivity index (χ0) is 14.7. The van der Waals surface area contributed by atoms with Crippen LogP contribution in [0.3, 0.4) is 0 Å². The number of carbonyl (C=O) groups is 3. The fraction of sp³-hybridized carbons (Fsp3) is 0.769. The van der Waals surface area contributed by atoms with E-state index in [2.05, 4.69) is 10.6 Å². The topological polar surface area (TPSA) is 95.5 Å². The summed E-state index contributed by atoms with van der Waals surface area (Å²) in [4.78, 5) is 32.5. The third kappa shape index (κ3) is 11.2. The van der Waals surface area contributed by atoms with Gasteiger partial charge in [-0.15, -0.1) is 0 Å². The average molecular weight is 272 g/mol. The highest BCUT2D eigenvalue weighted by Gasteiger charge is 2.09. The number of carboxylic acids is 1. The number of amides is 2. The fourth-order valence-corrected chi connectivity index (χ4v) is 1.74. The van der Waals surface area contributed by atoms with Crippen molar-refractivity contribution in [1.82, 2.24) is 10.6 Å². The third-order valence-electron chi connectivity index (χ3n) is 2.94. The fourth-order valence-electron chi connectivity index (χ4n) is 1.74. The Morgan fingerprint density at radius 3 is 2.26 bits per heavy atom. The largest absolute Gasteiger partial charge is 0.481 e. The monoisotopic (exact) mass is 272 g/mol. The number of carboxylic acid groups (broad SMARTS) is 1. The van der Waals surface area contributed by atoms with Crippen LogP contribution in [-0.2, 0) is 14.4 Å². The maximum absolute atomic E-state index is 11.4. The van der Waals surface area contributed by atoms with Gasteiger partial charge in [0.05, 0.1) is 0 Å². The lowest BCUT2D eigenvalue weighted by Crippen LogP contribution is -2.30. The molecule has 0 fully saturated rings. The Hall–Kier alpha value is -1.59. The first-order valence-corrected chi connectivity index (χ1v) is 6.68. The van der Waals surface area contributed by atoms with Crippen molar-refractivity contribution in [2.24, 2.45) is 5.92 Å². The number of hydrogen-bond donors (Lipinski definition) is 3. The van der Waals surface area contributed by atoms with Crippen LogP contribution >= 0.6 is 0 Å². The second kappa shape index (κ2) is 10.3. The number of rotatable bonds is 10. The molecule has 19 heavy (non-hydrogen) atoms. The van der Waals surface area contributed by atoms with Gasteiger partial charge in [0.25, 0.3) is 0 Å². The van der Waals surface area contributed by atoms with Crippen LogP contribution in [0.1, 0.15) is 46.0 Å². The summed E-state index contributed by atoms with van der Waals surface area (Å²) in [7, 11) is 0. The average Bonchev–Trinajstić information content (AvgIpc) is 2.32. The molecule has 1 atom stereocenters. The SMILES string of the molecule is CCC(CCNC(=O)CCNC(C)=O)CCC(=O)O. The van der Waals surface area contributed by atoms with Crippen LogP contribution in [0, 0.1) is 5.92 Å². The molecule has 0 aromatic rings. The van der Waals surface area contributed by atoms with E-state index in [1.165, 1.54) is 6.92 Å². The van der Waals surface area contributed by atoms with Gasteiger partial charge in [0.1, 0.15) is 0 Å². The summed E-state index contributed by atoms with van der Waals surface area (Å²) in [5, 5.41) is 13.9. The predicted octanol–water partition coefficient (Wildman–Crippen LogP) is 0.910. The Kier molecular flexibility index (Phi) is 9.48. The van der Waals surface area contributed by atoms with E-state index in [1.54, 1.807) is 0 Å². The molecule has 0 aliphatic carbocycles. The molecule has 0 bridgehead atoms. The highest BCUT2D eigenvalue weighted by molar-refractivity contribution is 5.77. The summed E-state index contributed by atoms with van der Waals surface area (Å²) >= 11 is 0. The maximum Gasteiger partial charge on any atom is 0.303 e. The van der Waals surface area contributed by atoms with Crippen molar-refractivity contribution in [3.63, 3.8) is 0 Å². The van der Waals surface area contributed by atoms with Gasteiger partial charge in [0, 0.05) is 32.9 Å². The molecule has 0 rings (SSSR count). The van der Waals surface area contributed by atoms with E-state index < -0.39 is 5.97 Å². The quantitative estimate of drug-likeness (QED) is 0.551. The van der Waals surface area contributed by atoms with Gasteiger partial charge in [-0.3, -0.25) is 14.4 Å². The molecule has 6 nitrogen and oxygen atoms in total. The van der Waals surface area contributed by atoms with Gasteiger partial charge in [-0.25, -0.2) is 0 Å². The van der Waals surface area contributed by atoms with E-state index >= 15 is 0 Å². The molecule has 0 aromatic heterocycles. The third-order valence-corrected chi connectivity index (χ3v) is 2.94. The number of hydrogen-bond acceptors (Lipinski definition) is 3. The first-order chi connectivity index (χ1) is 8.95. The lowest BCUT2D eigenvalue weighted by molar-refractivity contribution is -0.137. The highest BCUT2D eigenvalue weighted by Crippen LogP contribution is 2.14. The number of aliphatic carboxylic acids is 1.